The van der Waals surface area contributed by atoms with E-state index in [0.717, 1.165) is 11.3 Å². The number of nitrogens with zero attached hydrogens (tertiary/aromatic N) is 2. The van der Waals surface area contributed by atoms with Crippen LogP contribution in [0.5, 0.6) is 0 Å². The summed E-state index contributed by atoms with van der Waals surface area (Å²) in [4.78, 5) is 20.6. The van der Waals surface area contributed by atoms with Gasteiger partial charge in [-0.1, -0.05) is 56.3 Å². The number of nitrogens with one attached hydrogen (secondary N) is 2. The lowest BCUT2D eigenvalue weighted by Crippen LogP contribution is -2.23. The van der Waals surface area contributed by atoms with Crippen molar-refractivity contribution in [2.24, 2.45) is 0 Å². The SMILES string of the molecule is CC(C)c1ccc(Nc2ncc(C(=O)NCc3ccccc3)cn2)cc1. The molecule has 0 aliphatic rings. The van der Waals surface area contributed by atoms with Crippen molar-refractivity contribution in [1.82, 2.24) is 15.3 Å². The highest BCUT2D eigenvalue weighted by Crippen LogP contribution is 2.18. The molecule has 0 bridgehead atoms. The van der Waals surface area contributed by atoms with Gasteiger partial charge in [0.15, 0.2) is 0 Å². The zero-order valence-electron chi connectivity index (χ0n) is 14.9. The zero-order chi connectivity index (χ0) is 18.4. The van der Waals surface area contributed by atoms with Crippen LogP contribution in [0.2, 0.25) is 0 Å². The van der Waals surface area contributed by atoms with E-state index in [-0.39, 0.29) is 5.91 Å². The van der Waals surface area contributed by atoms with E-state index in [4.69, 9.17) is 0 Å². The maximum atomic E-state index is 12.2. The molecule has 1 amide bonds. The van der Waals surface area contributed by atoms with Crippen molar-refractivity contribution in [3.63, 3.8) is 0 Å². The Morgan fingerprint density at radius 3 is 2.23 bits per heavy atom. The van der Waals surface area contributed by atoms with Crippen LogP contribution in [0.4, 0.5) is 11.6 Å². The standard InChI is InChI=1S/C21H22N4O/c1-15(2)17-8-10-19(11-9-17)25-21-23-13-18(14-24-21)20(26)22-12-16-6-4-3-5-7-16/h3-11,13-15H,12H2,1-2H3,(H,22,26)(H,23,24,25). The summed E-state index contributed by atoms with van der Waals surface area (Å²) in [7, 11) is 0. The van der Waals surface area contributed by atoms with Gasteiger partial charge in [-0.3, -0.25) is 4.79 Å². The fourth-order valence-electron chi connectivity index (χ4n) is 2.47. The summed E-state index contributed by atoms with van der Waals surface area (Å²) in [5, 5.41) is 6.00. The van der Waals surface area contributed by atoms with E-state index in [9.17, 15) is 4.79 Å². The molecule has 0 aliphatic carbocycles. The van der Waals surface area contributed by atoms with Gasteiger partial charge in [0.1, 0.15) is 0 Å². The zero-order valence-corrected chi connectivity index (χ0v) is 14.9. The van der Waals surface area contributed by atoms with Crippen molar-refractivity contribution in [2.45, 2.75) is 26.3 Å². The lowest BCUT2D eigenvalue weighted by molar-refractivity contribution is 0.0950. The number of carbonyl (C=O) groups excluding carboxylic acids is 1. The van der Waals surface area contributed by atoms with Crippen LogP contribution in [0.1, 0.15) is 41.3 Å². The fraction of sp³-hybridized carbons (Fsp3) is 0.190. The lowest BCUT2D eigenvalue weighted by atomic mass is 10.0. The van der Waals surface area contributed by atoms with Gasteiger partial charge in [0.25, 0.3) is 5.91 Å². The molecular formula is C21H22N4O. The third-order valence-corrected chi connectivity index (χ3v) is 4.04. The van der Waals surface area contributed by atoms with Gasteiger partial charge < -0.3 is 10.6 Å². The van der Waals surface area contributed by atoms with Gasteiger partial charge in [-0.25, -0.2) is 9.97 Å². The van der Waals surface area contributed by atoms with E-state index in [1.807, 2.05) is 42.5 Å². The lowest BCUT2D eigenvalue weighted by Gasteiger charge is -2.09. The van der Waals surface area contributed by atoms with Crippen LogP contribution in [0.3, 0.4) is 0 Å². The first kappa shape index (κ1) is 17.6. The predicted octanol–water partition coefficient (Wildman–Crippen LogP) is 4.27. The first-order valence-corrected chi connectivity index (χ1v) is 8.63. The highest BCUT2D eigenvalue weighted by molar-refractivity contribution is 5.93. The minimum absolute atomic E-state index is 0.193. The third kappa shape index (κ3) is 4.66. The second-order valence-electron chi connectivity index (χ2n) is 6.37. The molecule has 1 heterocycles. The Balaban J connectivity index is 1.58. The minimum atomic E-state index is -0.193. The molecule has 26 heavy (non-hydrogen) atoms. The van der Waals surface area contributed by atoms with E-state index in [0.29, 0.717) is 24.0 Å². The number of benzene rings is 2. The highest BCUT2D eigenvalue weighted by Gasteiger charge is 2.07. The Labute approximate surface area is 153 Å². The number of hydrogen-bond acceptors (Lipinski definition) is 4. The molecule has 0 radical (unpaired) electrons. The fourth-order valence-corrected chi connectivity index (χ4v) is 2.47. The average Bonchev–Trinajstić information content (AvgIpc) is 2.68. The number of aromatic nitrogens is 2. The Hall–Kier alpha value is -3.21. The van der Waals surface area contributed by atoms with E-state index in [2.05, 4.69) is 46.6 Å². The molecule has 132 valence electrons. The van der Waals surface area contributed by atoms with E-state index in [1.54, 1.807) is 0 Å². The summed E-state index contributed by atoms with van der Waals surface area (Å²) in [6, 6.07) is 17.9. The van der Waals surface area contributed by atoms with Crippen LogP contribution in [0.25, 0.3) is 0 Å². The van der Waals surface area contributed by atoms with E-state index < -0.39 is 0 Å². The molecule has 2 N–H and O–H groups in total. The molecule has 5 heteroatoms. The number of carbonyl (C=O) groups is 1. The smallest absolute Gasteiger partial charge is 0.254 e. The van der Waals surface area contributed by atoms with Crippen molar-refractivity contribution < 1.29 is 4.79 Å². The molecule has 0 fully saturated rings. The Bertz CT molecular complexity index is 843. The summed E-state index contributed by atoms with van der Waals surface area (Å²) in [6.45, 7) is 4.79. The normalized spacial score (nSPS) is 10.6. The molecular weight excluding hydrogens is 324 g/mol. The molecule has 0 unspecified atom stereocenters. The summed E-state index contributed by atoms with van der Waals surface area (Å²) >= 11 is 0. The molecule has 0 saturated carbocycles. The van der Waals surface area contributed by atoms with Crippen LogP contribution >= 0.6 is 0 Å². The highest BCUT2D eigenvalue weighted by atomic mass is 16.1. The van der Waals surface area contributed by atoms with Crippen LogP contribution in [-0.2, 0) is 6.54 Å². The van der Waals surface area contributed by atoms with Crippen LogP contribution < -0.4 is 10.6 Å². The van der Waals surface area contributed by atoms with E-state index >= 15 is 0 Å². The summed E-state index contributed by atoms with van der Waals surface area (Å²) in [6.07, 6.45) is 3.05. The Kier molecular flexibility index (Phi) is 5.59. The Morgan fingerprint density at radius 2 is 1.62 bits per heavy atom. The number of hydrogen-bond donors (Lipinski definition) is 2. The molecule has 2 aromatic carbocycles. The molecule has 0 spiro atoms. The van der Waals surface area contributed by atoms with Crippen molar-refractivity contribution in [3.8, 4) is 0 Å². The van der Waals surface area contributed by atoms with E-state index in [1.165, 1.54) is 18.0 Å². The summed E-state index contributed by atoms with van der Waals surface area (Å²) < 4.78 is 0. The molecule has 0 atom stereocenters. The number of rotatable bonds is 6. The molecule has 3 aromatic rings. The molecule has 0 aliphatic heterocycles. The van der Waals surface area contributed by atoms with Crippen molar-refractivity contribution >= 4 is 17.5 Å². The van der Waals surface area contributed by atoms with Gasteiger partial charge >= 0.3 is 0 Å². The van der Waals surface area contributed by atoms with Gasteiger partial charge in [0, 0.05) is 24.6 Å². The summed E-state index contributed by atoms with van der Waals surface area (Å²) in [5.74, 6) is 0.762. The molecule has 1 aromatic heterocycles. The van der Waals surface area contributed by atoms with Crippen molar-refractivity contribution in [2.75, 3.05) is 5.32 Å². The van der Waals surface area contributed by atoms with Gasteiger partial charge in [-0.2, -0.15) is 0 Å². The van der Waals surface area contributed by atoms with Crippen LogP contribution in [-0.4, -0.2) is 15.9 Å². The quantitative estimate of drug-likeness (QED) is 0.699. The summed E-state index contributed by atoms with van der Waals surface area (Å²) in [5.41, 5.74) is 3.67. The van der Waals surface area contributed by atoms with Crippen molar-refractivity contribution in [3.05, 3.63) is 83.7 Å². The van der Waals surface area contributed by atoms with Gasteiger partial charge in [0.2, 0.25) is 5.95 Å². The minimum Gasteiger partial charge on any atom is -0.348 e. The van der Waals surface area contributed by atoms with Crippen molar-refractivity contribution in [1.29, 1.82) is 0 Å². The average molecular weight is 346 g/mol. The van der Waals surface area contributed by atoms with Crippen LogP contribution in [0.15, 0.2) is 67.0 Å². The monoisotopic (exact) mass is 346 g/mol. The maximum absolute atomic E-state index is 12.2. The maximum Gasteiger partial charge on any atom is 0.254 e. The first-order valence-electron chi connectivity index (χ1n) is 8.63. The van der Waals surface area contributed by atoms with Gasteiger partial charge in [0.05, 0.1) is 5.56 Å². The predicted molar refractivity (Wildman–Crippen MR) is 103 cm³/mol. The number of anilines is 2. The number of amides is 1. The topological polar surface area (TPSA) is 66.9 Å². The van der Waals surface area contributed by atoms with Gasteiger partial charge in [-0.15, -0.1) is 0 Å². The van der Waals surface area contributed by atoms with Gasteiger partial charge in [-0.05, 0) is 29.2 Å². The second kappa shape index (κ2) is 8.25. The first-order chi connectivity index (χ1) is 12.6. The largest absolute Gasteiger partial charge is 0.348 e. The second-order valence-corrected chi connectivity index (χ2v) is 6.37. The molecule has 0 saturated heterocycles. The Morgan fingerprint density at radius 1 is 0.962 bits per heavy atom. The third-order valence-electron chi connectivity index (χ3n) is 4.04. The van der Waals surface area contributed by atoms with Crippen LogP contribution in [0, 0.1) is 0 Å². The molecule has 5 nitrogen and oxygen atoms in total. The molecule has 3 rings (SSSR count).